The highest BCUT2D eigenvalue weighted by molar-refractivity contribution is 5.83. The van der Waals surface area contributed by atoms with E-state index in [2.05, 4.69) is 5.32 Å². The third kappa shape index (κ3) is 5.01. The van der Waals surface area contributed by atoms with Crippen LogP contribution in [0.1, 0.15) is 33.6 Å². The van der Waals surface area contributed by atoms with E-state index < -0.39 is 17.4 Å². The number of nitrogens with zero attached hydrogens (tertiary/aromatic N) is 1. The van der Waals surface area contributed by atoms with Crippen LogP contribution >= 0.6 is 0 Å². The van der Waals surface area contributed by atoms with Gasteiger partial charge >= 0.3 is 0 Å². The van der Waals surface area contributed by atoms with Crippen LogP contribution in [0.4, 0.5) is 0 Å². The largest absolute Gasteiger partial charge is 0.370 e. The molecule has 0 aromatic carbocycles. The van der Waals surface area contributed by atoms with Crippen molar-refractivity contribution >= 4 is 11.8 Å². The predicted molar refractivity (Wildman–Crippen MR) is 55.4 cm³/mol. The highest BCUT2D eigenvalue weighted by Gasteiger charge is 2.26. The van der Waals surface area contributed by atoms with Crippen molar-refractivity contribution in [2.75, 3.05) is 0 Å². The van der Waals surface area contributed by atoms with Crippen LogP contribution in [-0.4, -0.2) is 17.4 Å². The van der Waals surface area contributed by atoms with Gasteiger partial charge in [-0.1, -0.05) is 6.92 Å². The first-order valence-corrected chi connectivity index (χ1v) is 4.82. The molecule has 0 saturated carbocycles. The number of nitriles is 1. The lowest BCUT2D eigenvalue weighted by atomic mass is 9.98. The molecule has 1 atom stereocenters. The molecule has 0 aromatic rings. The van der Waals surface area contributed by atoms with E-state index in [1.165, 1.54) is 0 Å². The molecule has 0 rings (SSSR count). The molecule has 0 radical (unpaired) electrons. The second-order valence-corrected chi connectivity index (χ2v) is 4.11. The van der Waals surface area contributed by atoms with E-state index in [1.807, 2.05) is 6.07 Å². The summed E-state index contributed by atoms with van der Waals surface area (Å²) < 4.78 is 0. The van der Waals surface area contributed by atoms with Gasteiger partial charge in [0.25, 0.3) is 0 Å². The van der Waals surface area contributed by atoms with E-state index in [0.29, 0.717) is 6.42 Å². The smallest absolute Gasteiger partial charge is 0.237 e. The molecule has 0 spiro atoms. The van der Waals surface area contributed by atoms with Crippen LogP contribution in [0.15, 0.2) is 0 Å². The summed E-state index contributed by atoms with van der Waals surface area (Å²) in [6.45, 7) is 5.15. The van der Waals surface area contributed by atoms with E-state index in [9.17, 15) is 9.59 Å². The minimum Gasteiger partial charge on any atom is -0.370 e. The first kappa shape index (κ1) is 13.4. The van der Waals surface area contributed by atoms with Gasteiger partial charge in [-0.2, -0.15) is 5.26 Å². The highest BCUT2D eigenvalue weighted by atomic mass is 16.2. The Morgan fingerprint density at radius 2 is 2.07 bits per heavy atom. The Labute approximate surface area is 89.6 Å². The van der Waals surface area contributed by atoms with Crippen molar-refractivity contribution in [3.8, 4) is 6.07 Å². The van der Waals surface area contributed by atoms with Crippen molar-refractivity contribution in [2.45, 2.75) is 39.2 Å². The van der Waals surface area contributed by atoms with Crippen molar-refractivity contribution in [2.24, 2.45) is 11.7 Å². The summed E-state index contributed by atoms with van der Waals surface area (Å²) in [4.78, 5) is 22.2. The van der Waals surface area contributed by atoms with Gasteiger partial charge in [-0.15, -0.1) is 0 Å². The normalized spacial score (nSPS) is 12.7. The van der Waals surface area contributed by atoms with Crippen LogP contribution in [0.3, 0.4) is 0 Å². The molecule has 0 heterocycles. The van der Waals surface area contributed by atoms with Crippen LogP contribution in [0.25, 0.3) is 0 Å². The first-order chi connectivity index (χ1) is 6.82. The van der Waals surface area contributed by atoms with Crippen molar-refractivity contribution in [1.82, 2.24) is 5.32 Å². The maximum Gasteiger partial charge on any atom is 0.237 e. The summed E-state index contributed by atoms with van der Waals surface area (Å²) in [7, 11) is 0. The van der Waals surface area contributed by atoms with Crippen LogP contribution in [0.2, 0.25) is 0 Å². The number of hydrogen-bond donors (Lipinski definition) is 2. The maximum atomic E-state index is 11.5. The van der Waals surface area contributed by atoms with Gasteiger partial charge in [0.1, 0.15) is 5.92 Å². The Morgan fingerprint density at radius 3 is 2.40 bits per heavy atom. The van der Waals surface area contributed by atoms with Gasteiger partial charge in [0.05, 0.1) is 6.07 Å². The molecule has 0 bridgehead atoms. The summed E-state index contributed by atoms with van der Waals surface area (Å²) >= 11 is 0. The van der Waals surface area contributed by atoms with E-state index in [1.54, 1.807) is 20.8 Å². The lowest BCUT2D eigenvalue weighted by Gasteiger charge is -2.25. The van der Waals surface area contributed by atoms with Gasteiger partial charge in [0, 0.05) is 12.0 Å². The number of nitrogens with two attached hydrogens (primary N) is 1. The Bertz CT molecular complexity index is 292. The average Bonchev–Trinajstić information content (AvgIpc) is 2.02. The molecule has 2 amide bonds. The number of rotatable bonds is 5. The molecular formula is C10H17N3O2. The molecule has 0 fully saturated rings. The van der Waals surface area contributed by atoms with E-state index >= 15 is 0 Å². The zero-order valence-electron chi connectivity index (χ0n) is 9.33. The Balaban J connectivity index is 4.40. The molecule has 0 aromatic heterocycles. The fraction of sp³-hybridized carbons (Fsp3) is 0.700. The van der Waals surface area contributed by atoms with Gasteiger partial charge in [0.15, 0.2) is 0 Å². The van der Waals surface area contributed by atoms with E-state index in [4.69, 9.17) is 11.0 Å². The third-order valence-corrected chi connectivity index (χ3v) is 1.96. The fourth-order valence-corrected chi connectivity index (χ4v) is 1.24. The van der Waals surface area contributed by atoms with Crippen molar-refractivity contribution < 1.29 is 9.59 Å². The van der Waals surface area contributed by atoms with Crippen molar-refractivity contribution in [1.29, 1.82) is 5.26 Å². The summed E-state index contributed by atoms with van der Waals surface area (Å²) in [6, 6.07) is 1.90. The topological polar surface area (TPSA) is 96.0 Å². The summed E-state index contributed by atoms with van der Waals surface area (Å²) in [5.41, 5.74) is 4.34. The number of hydrogen-bond acceptors (Lipinski definition) is 3. The first-order valence-electron chi connectivity index (χ1n) is 4.82. The van der Waals surface area contributed by atoms with Gasteiger partial charge in [-0.05, 0) is 20.3 Å². The molecule has 0 aliphatic heterocycles. The van der Waals surface area contributed by atoms with Crippen LogP contribution < -0.4 is 11.1 Å². The SMILES string of the molecule is CCC(C#N)C(=O)NC(C)(C)CC(N)=O. The number of amides is 2. The molecule has 1 unspecified atom stereocenters. The van der Waals surface area contributed by atoms with Gasteiger partial charge in [0.2, 0.25) is 11.8 Å². The molecule has 84 valence electrons. The molecule has 0 saturated heterocycles. The lowest BCUT2D eigenvalue weighted by molar-refractivity contribution is -0.126. The molecule has 0 aliphatic carbocycles. The molecule has 15 heavy (non-hydrogen) atoms. The predicted octanol–water partition coefficient (Wildman–Crippen LogP) is 0.306. The van der Waals surface area contributed by atoms with Gasteiger partial charge in [-0.25, -0.2) is 0 Å². The maximum absolute atomic E-state index is 11.5. The molecule has 5 nitrogen and oxygen atoms in total. The number of primary amides is 1. The highest BCUT2D eigenvalue weighted by Crippen LogP contribution is 2.10. The van der Waals surface area contributed by atoms with Crippen LogP contribution in [0.5, 0.6) is 0 Å². The third-order valence-electron chi connectivity index (χ3n) is 1.96. The minimum atomic E-state index is -0.701. The van der Waals surface area contributed by atoms with E-state index in [-0.39, 0.29) is 12.3 Å². The minimum absolute atomic E-state index is 0.0562. The van der Waals surface area contributed by atoms with Crippen molar-refractivity contribution in [3.63, 3.8) is 0 Å². The zero-order valence-corrected chi connectivity index (χ0v) is 9.33. The summed E-state index contributed by atoms with van der Waals surface area (Å²) in [5, 5.41) is 11.3. The lowest BCUT2D eigenvalue weighted by Crippen LogP contribution is -2.48. The standard InChI is InChI=1S/C10H17N3O2/c1-4-7(6-11)9(15)13-10(2,3)5-8(12)14/h7H,4-5H2,1-3H3,(H2,12,14)(H,13,15). The van der Waals surface area contributed by atoms with Gasteiger partial charge in [-0.3, -0.25) is 9.59 Å². The summed E-state index contributed by atoms with van der Waals surface area (Å²) in [5.74, 6) is -1.51. The second kappa shape index (κ2) is 5.35. The summed E-state index contributed by atoms with van der Waals surface area (Å²) in [6.07, 6.45) is 0.510. The number of carbonyl (C=O) groups is 2. The number of nitrogens with one attached hydrogen (secondary N) is 1. The van der Waals surface area contributed by atoms with E-state index in [0.717, 1.165) is 0 Å². The average molecular weight is 211 g/mol. The molecule has 0 aliphatic rings. The second-order valence-electron chi connectivity index (χ2n) is 4.11. The zero-order chi connectivity index (χ0) is 12.1. The Hall–Kier alpha value is -1.57. The molecule has 3 N–H and O–H groups in total. The van der Waals surface area contributed by atoms with Crippen LogP contribution in [-0.2, 0) is 9.59 Å². The molecule has 5 heteroatoms. The number of carbonyl (C=O) groups excluding carboxylic acids is 2. The van der Waals surface area contributed by atoms with Crippen molar-refractivity contribution in [3.05, 3.63) is 0 Å². The quantitative estimate of drug-likeness (QED) is 0.684. The monoisotopic (exact) mass is 211 g/mol. The van der Waals surface area contributed by atoms with Gasteiger partial charge < -0.3 is 11.1 Å². The Kier molecular flexibility index (Phi) is 4.79. The van der Waals surface area contributed by atoms with Crippen LogP contribution in [0, 0.1) is 17.2 Å². The Morgan fingerprint density at radius 1 is 1.53 bits per heavy atom. The molecular weight excluding hydrogens is 194 g/mol. The fourth-order valence-electron chi connectivity index (χ4n) is 1.24.